The van der Waals surface area contributed by atoms with Crippen LogP contribution in [0.5, 0.6) is 0 Å². The summed E-state index contributed by atoms with van der Waals surface area (Å²) in [6, 6.07) is 8.28. The SMILES string of the molecule is COCc1cccc(CNC(C)C(C)C(=O)OC)c1. The minimum Gasteiger partial charge on any atom is -0.469 e. The third-order valence-electron chi connectivity index (χ3n) is 3.25. The third-order valence-corrected chi connectivity index (χ3v) is 3.25. The molecule has 0 aromatic heterocycles. The molecule has 2 atom stereocenters. The Hall–Kier alpha value is -1.39. The molecule has 0 saturated carbocycles. The maximum atomic E-state index is 11.4. The number of carbonyl (C=O) groups excluding carboxylic acids is 1. The lowest BCUT2D eigenvalue weighted by atomic mass is 10.0. The lowest BCUT2D eigenvalue weighted by Gasteiger charge is -2.19. The van der Waals surface area contributed by atoms with Gasteiger partial charge in [0.05, 0.1) is 19.6 Å². The van der Waals surface area contributed by atoms with Crippen LogP contribution in [0.4, 0.5) is 0 Å². The summed E-state index contributed by atoms with van der Waals surface area (Å²) < 4.78 is 9.85. The van der Waals surface area contributed by atoms with Gasteiger partial charge in [-0.15, -0.1) is 0 Å². The molecule has 0 spiro atoms. The van der Waals surface area contributed by atoms with Gasteiger partial charge in [-0.05, 0) is 18.1 Å². The zero-order valence-corrected chi connectivity index (χ0v) is 12.1. The average molecular weight is 265 g/mol. The van der Waals surface area contributed by atoms with E-state index in [2.05, 4.69) is 17.4 Å². The van der Waals surface area contributed by atoms with Crippen LogP contribution in [-0.4, -0.2) is 26.2 Å². The van der Waals surface area contributed by atoms with Crippen molar-refractivity contribution in [3.8, 4) is 0 Å². The topological polar surface area (TPSA) is 47.6 Å². The van der Waals surface area contributed by atoms with Crippen molar-refractivity contribution in [2.45, 2.75) is 33.0 Å². The van der Waals surface area contributed by atoms with E-state index in [0.717, 1.165) is 12.1 Å². The maximum Gasteiger partial charge on any atom is 0.309 e. The fraction of sp³-hybridized carbons (Fsp3) is 0.533. The van der Waals surface area contributed by atoms with Crippen molar-refractivity contribution in [2.24, 2.45) is 5.92 Å². The van der Waals surface area contributed by atoms with Crippen molar-refractivity contribution in [1.29, 1.82) is 0 Å². The predicted molar refractivity (Wildman–Crippen MR) is 74.6 cm³/mol. The first-order chi connectivity index (χ1) is 9.08. The highest BCUT2D eigenvalue weighted by molar-refractivity contribution is 5.72. The Morgan fingerprint density at radius 1 is 1.26 bits per heavy atom. The molecular formula is C15H23NO3. The van der Waals surface area contributed by atoms with Crippen LogP contribution >= 0.6 is 0 Å². The predicted octanol–water partition coefficient (Wildman–Crippen LogP) is 2.12. The molecule has 0 amide bonds. The highest BCUT2D eigenvalue weighted by Crippen LogP contribution is 2.09. The Morgan fingerprint density at radius 2 is 1.95 bits per heavy atom. The molecule has 4 nitrogen and oxygen atoms in total. The number of methoxy groups -OCH3 is 2. The Bertz CT molecular complexity index is 406. The van der Waals surface area contributed by atoms with Gasteiger partial charge in [0, 0.05) is 19.7 Å². The van der Waals surface area contributed by atoms with Gasteiger partial charge >= 0.3 is 5.97 Å². The summed E-state index contributed by atoms with van der Waals surface area (Å²) in [5, 5.41) is 3.34. The van der Waals surface area contributed by atoms with Crippen molar-refractivity contribution in [1.82, 2.24) is 5.32 Å². The van der Waals surface area contributed by atoms with Crippen molar-refractivity contribution >= 4 is 5.97 Å². The molecule has 2 unspecified atom stereocenters. The second kappa shape index (κ2) is 7.92. The highest BCUT2D eigenvalue weighted by Gasteiger charge is 2.20. The molecule has 0 bridgehead atoms. The van der Waals surface area contributed by atoms with Gasteiger partial charge in [0.2, 0.25) is 0 Å². The fourth-order valence-electron chi connectivity index (χ4n) is 1.84. The van der Waals surface area contributed by atoms with E-state index in [1.165, 1.54) is 12.7 Å². The van der Waals surface area contributed by atoms with Crippen molar-refractivity contribution in [3.05, 3.63) is 35.4 Å². The molecule has 106 valence electrons. The number of nitrogens with one attached hydrogen (secondary N) is 1. The van der Waals surface area contributed by atoms with Gasteiger partial charge in [-0.25, -0.2) is 0 Å². The number of ether oxygens (including phenoxy) is 2. The fourth-order valence-corrected chi connectivity index (χ4v) is 1.84. The van der Waals surface area contributed by atoms with Crippen LogP contribution in [0.3, 0.4) is 0 Å². The summed E-state index contributed by atoms with van der Waals surface area (Å²) in [4.78, 5) is 11.4. The zero-order chi connectivity index (χ0) is 14.3. The first-order valence-electron chi connectivity index (χ1n) is 6.46. The molecule has 1 aromatic carbocycles. The number of hydrogen-bond donors (Lipinski definition) is 1. The smallest absolute Gasteiger partial charge is 0.309 e. The molecule has 0 aliphatic heterocycles. The van der Waals surface area contributed by atoms with Crippen LogP contribution in [0.25, 0.3) is 0 Å². The first kappa shape index (κ1) is 15.7. The highest BCUT2D eigenvalue weighted by atomic mass is 16.5. The Balaban J connectivity index is 2.52. The van der Waals surface area contributed by atoms with Crippen molar-refractivity contribution in [2.75, 3.05) is 14.2 Å². The summed E-state index contributed by atoms with van der Waals surface area (Å²) in [7, 11) is 3.10. The van der Waals surface area contributed by atoms with Crippen LogP contribution in [-0.2, 0) is 27.4 Å². The van der Waals surface area contributed by atoms with Crippen LogP contribution in [0.1, 0.15) is 25.0 Å². The van der Waals surface area contributed by atoms with Gasteiger partial charge < -0.3 is 14.8 Å². The largest absolute Gasteiger partial charge is 0.469 e. The average Bonchev–Trinajstić information content (AvgIpc) is 2.44. The second-order valence-electron chi connectivity index (χ2n) is 4.73. The summed E-state index contributed by atoms with van der Waals surface area (Å²) in [5.41, 5.74) is 2.33. The van der Waals surface area contributed by atoms with Gasteiger partial charge in [0.1, 0.15) is 0 Å². The van der Waals surface area contributed by atoms with E-state index in [0.29, 0.717) is 6.61 Å². The van der Waals surface area contributed by atoms with E-state index in [9.17, 15) is 4.79 Å². The molecule has 0 radical (unpaired) electrons. The van der Waals surface area contributed by atoms with Crippen LogP contribution in [0.15, 0.2) is 24.3 Å². The first-order valence-corrected chi connectivity index (χ1v) is 6.46. The Labute approximate surface area is 115 Å². The summed E-state index contributed by atoms with van der Waals surface area (Å²) in [5.74, 6) is -0.347. The number of carbonyl (C=O) groups is 1. The maximum absolute atomic E-state index is 11.4. The van der Waals surface area contributed by atoms with E-state index < -0.39 is 0 Å². The Kier molecular flexibility index (Phi) is 6.53. The molecule has 0 heterocycles. The van der Waals surface area contributed by atoms with E-state index in [4.69, 9.17) is 9.47 Å². The molecule has 4 heteroatoms. The van der Waals surface area contributed by atoms with Gasteiger partial charge in [-0.1, -0.05) is 31.2 Å². The van der Waals surface area contributed by atoms with E-state index >= 15 is 0 Å². The summed E-state index contributed by atoms with van der Waals surface area (Å²) in [6.07, 6.45) is 0. The molecule has 1 N–H and O–H groups in total. The van der Waals surface area contributed by atoms with Gasteiger partial charge in [-0.2, -0.15) is 0 Å². The van der Waals surface area contributed by atoms with Gasteiger partial charge in [0.25, 0.3) is 0 Å². The van der Waals surface area contributed by atoms with E-state index in [1.807, 2.05) is 26.0 Å². The molecule has 1 rings (SSSR count). The number of benzene rings is 1. The molecule has 1 aromatic rings. The normalized spacial score (nSPS) is 13.9. The van der Waals surface area contributed by atoms with Crippen LogP contribution < -0.4 is 5.32 Å². The van der Waals surface area contributed by atoms with Crippen LogP contribution in [0.2, 0.25) is 0 Å². The number of rotatable bonds is 7. The van der Waals surface area contributed by atoms with E-state index in [1.54, 1.807) is 7.11 Å². The van der Waals surface area contributed by atoms with Crippen molar-refractivity contribution < 1.29 is 14.3 Å². The molecule has 0 aliphatic carbocycles. The molecule has 0 saturated heterocycles. The molecular weight excluding hydrogens is 242 g/mol. The van der Waals surface area contributed by atoms with Crippen LogP contribution in [0, 0.1) is 5.92 Å². The van der Waals surface area contributed by atoms with Gasteiger partial charge in [-0.3, -0.25) is 4.79 Å². The summed E-state index contributed by atoms with van der Waals surface area (Å²) in [6.45, 7) is 5.19. The summed E-state index contributed by atoms with van der Waals surface area (Å²) >= 11 is 0. The quantitative estimate of drug-likeness (QED) is 0.767. The lowest BCUT2D eigenvalue weighted by Crippen LogP contribution is -2.36. The monoisotopic (exact) mass is 265 g/mol. The number of hydrogen-bond acceptors (Lipinski definition) is 4. The lowest BCUT2D eigenvalue weighted by molar-refractivity contribution is -0.145. The second-order valence-corrected chi connectivity index (χ2v) is 4.73. The Morgan fingerprint density at radius 3 is 2.58 bits per heavy atom. The molecule has 0 aliphatic rings. The third kappa shape index (κ3) is 5.01. The standard InChI is InChI=1S/C15H23NO3/c1-11(15(17)19-4)12(2)16-9-13-6-5-7-14(8-13)10-18-3/h5-8,11-12,16H,9-10H2,1-4H3. The minimum absolute atomic E-state index is 0.0681. The zero-order valence-electron chi connectivity index (χ0n) is 12.1. The van der Waals surface area contributed by atoms with Crippen molar-refractivity contribution in [3.63, 3.8) is 0 Å². The minimum atomic E-state index is -0.187. The number of esters is 1. The molecule has 0 fully saturated rings. The van der Waals surface area contributed by atoms with Gasteiger partial charge in [0.15, 0.2) is 0 Å². The molecule has 19 heavy (non-hydrogen) atoms. The van der Waals surface area contributed by atoms with E-state index in [-0.39, 0.29) is 17.9 Å².